The van der Waals surface area contributed by atoms with Gasteiger partial charge >= 0.3 is 0 Å². The average Bonchev–Trinajstić information content (AvgIpc) is 3.20. The molecule has 0 aliphatic carbocycles. The van der Waals surface area contributed by atoms with E-state index in [1.165, 1.54) is 11.3 Å². The van der Waals surface area contributed by atoms with Crippen LogP contribution in [0.2, 0.25) is 0 Å². The number of hydrogen-bond donors (Lipinski definition) is 3. The van der Waals surface area contributed by atoms with E-state index in [-0.39, 0.29) is 11.6 Å². The van der Waals surface area contributed by atoms with Crippen LogP contribution in [0.25, 0.3) is 5.76 Å². The van der Waals surface area contributed by atoms with E-state index in [2.05, 4.69) is 20.6 Å². The zero-order valence-corrected chi connectivity index (χ0v) is 12.7. The molecular weight excluding hydrogens is 314 g/mol. The van der Waals surface area contributed by atoms with Gasteiger partial charge in [-0.25, -0.2) is 0 Å². The van der Waals surface area contributed by atoms with Crippen molar-refractivity contribution in [3.05, 3.63) is 63.6 Å². The van der Waals surface area contributed by atoms with E-state index in [0.717, 1.165) is 17.2 Å². The van der Waals surface area contributed by atoms with Crippen LogP contribution in [0.15, 0.2) is 41.1 Å². The van der Waals surface area contributed by atoms with E-state index in [1.807, 2.05) is 29.6 Å². The summed E-state index contributed by atoms with van der Waals surface area (Å²) in [6, 6.07) is 7.53. The first-order valence-electron chi connectivity index (χ1n) is 6.72. The Bertz CT molecular complexity index is 837. The minimum absolute atomic E-state index is 0.0909. The quantitative estimate of drug-likeness (QED) is 0.286. The number of tetrazole rings is 1. The van der Waals surface area contributed by atoms with Crippen LogP contribution < -0.4 is 5.73 Å². The molecule has 8 heteroatoms. The first-order chi connectivity index (χ1) is 11.1. The largest absolute Gasteiger partial charge is 0.507 e. The first-order valence-corrected chi connectivity index (χ1v) is 7.66. The molecule has 0 saturated carbocycles. The summed E-state index contributed by atoms with van der Waals surface area (Å²) in [4.78, 5) is 11.9. The Morgan fingerprint density at radius 2 is 2.09 bits per heavy atom. The molecule has 0 saturated heterocycles. The Labute approximate surface area is 135 Å². The lowest BCUT2D eigenvalue weighted by Crippen LogP contribution is -2.00. The zero-order chi connectivity index (χ0) is 16.2. The number of aromatic nitrogens is 4. The summed E-state index contributed by atoms with van der Waals surface area (Å²) in [6.45, 7) is 0. The highest BCUT2D eigenvalue weighted by molar-refractivity contribution is 7.08. The lowest BCUT2D eigenvalue weighted by molar-refractivity contribution is 0.103. The Balaban J connectivity index is 1.82. The van der Waals surface area contributed by atoms with Gasteiger partial charge in [-0.15, -0.1) is 10.2 Å². The molecular formula is C15H13N5O2S. The number of allylic oxidation sites excluding steroid dienone is 1. The number of H-pyrrole nitrogens is 1. The van der Waals surface area contributed by atoms with Crippen molar-refractivity contribution in [3.8, 4) is 0 Å². The van der Waals surface area contributed by atoms with Gasteiger partial charge in [-0.1, -0.05) is 12.1 Å². The smallest absolute Gasteiger partial charge is 0.244 e. The van der Waals surface area contributed by atoms with Gasteiger partial charge < -0.3 is 10.8 Å². The fourth-order valence-electron chi connectivity index (χ4n) is 2.07. The van der Waals surface area contributed by atoms with Crippen molar-refractivity contribution in [3.63, 3.8) is 0 Å². The second-order valence-electron chi connectivity index (χ2n) is 4.86. The number of thiophene rings is 1. The predicted octanol–water partition coefficient (Wildman–Crippen LogP) is 2.22. The molecule has 2 heterocycles. The third-order valence-corrected chi connectivity index (χ3v) is 4.02. The zero-order valence-electron chi connectivity index (χ0n) is 11.9. The molecule has 116 valence electrons. The van der Waals surface area contributed by atoms with Crippen molar-refractivity contribution >= 4 is 28.6 Å². The van der Waals surface area contributed by atoms with E-state index >= 15 is 0 Å². The number of carbonyl (C=O) groups excluding carboxylic acids is 1. The standard InChI is InChI=1S/C15H13N5O2S/c16-11-3-1-9(2-4-11)5-10-7-23-8-12(10)13(21)6-14(22)15-17-19-20-18-15/h1-4,6-8,21H,5,16H2,(H,17,18,19,20). The molecule has 0 aliphatic heterocycles. The monoisotopic (exact) mass is 327 g/mol. The number of carbonyl (C=O) groups is 1. The van der Waals surface area contributed by atoms with Gasteiger partial charge in [0, 0.05) is 22.7 Å². The Hall–Kier alpha value is -3.00. The second-order valence-corrected chi connectivity index (χ2v) is 5.60. The molecule has 0 radical (unpaired) electrons. The Morgan fingerprint density at radius 3 is 2.78 bits per heavy atom. The highest BCUT2D eigenvalue weighted by Crippen LogP contribution is 2.25. The van der Waals surface area contributed by atoms with Crippen LogP contribution in [0.5, 0.6) is 0 Å². The van der Waals surface area contributed by atoms with Crippen molar-refractivity contribution in [2.75, 3.05) is 5.73 Å². The second kappa shape index (κ2) is 6.41. The van der Waals surface area contributed by atoms with Crippen molar-refractivity contribution < 1.29 is 9.90 Å². The third-order valence-electron chi connectivity index (χ3n) is 3.23. The number of anilines is 1. The number of benzene rings is 1. The number of aliphatic hydroxyl groups is 1. The minimum Gasteiger partial charge on any atom is -0.507 e. The predicted molar refractivity (Wildman–Crippen MR) is 87.1 cm³/mol. The minimum atomic E-state index is -0.513. The van der Waals surface area contributed by atoms with E-state index < -0.39 is 5.78 Å². The van der Waals surface area contributed by atoms with E-state index in [4.69, 9.17) is 5.73 Å². The number of aliphatic hydroxyl groups excluding tert-OH is 1. The maximum absolute atomic E-state index is 11.9. The molecule has 3 rings (SSSR count). The van der Waals surface area contributed by atoms with Gasteiger partial charge in [-0.05, 0) is 40.3 Å². The van der Waals surface area contributed by atoms with E-state index in [1.54, 1.807) is 5.38 Å². The summed E-state index contributed by atoms with van der Waals surface area (Å²) in [6.07, 6.45) is 1.73. The van der Waals surface area contributed by atoms with Gasteiger partial charge in [0.25, 0.3) is 0 Å². The van der Waals surface area contributed by atoms with Crippen molar-refractivity contribution in [2.24, 2.45) is 0 Å². The fraction of sp³-hybridized carbons (Fsp3) is 0.0667. The van der Waals surface area contributed by atoms with E-state index in [9.17, 15) is 9.90 Å². The van der Waals surface area contributed by atoms with Crippen LogP contribution in [-0.4, -0.2) is 31.5 Å². The molecule has 0 aliphatic rings. The van der Waals surface area contributed by atoms with Gasteiger partial charge in [0.2, 0.25) is 11.6 Å². The maximum atomic E-state index is 11.9. The number of nitrogens with two attached hydrogens (primary N) is 1. The summed E-state index contributed by atoms with van der Waals surface area (Å²) < 4.78 is 0. The Kier molecular flexibility index (Phi) is 4.15. The molecule has 23 heavy (non-hydrogen) atoms. The van der Waals surface area contributed by atoms with Crippen LogP contribution in [0, 0.1) is 0 Å². The van der Waals surface area contributed by atoms with Gasteiger partial charge in [0.1, 0.15) is 5.76 Å². The van der Waals surface area contributed by atoms with Crippen LogP contribution in [0.3, 0.4) is 0 Å². The van der Waals surface area contributed by atoms with Gasteiger partial charge in [-0.2, -0.15) is 16.6 Å². The SMILES string of the molecule is Nc1ccc(Cc2cscc2C(O)=CC(=O)c2nn[nH]n2)cc1. The molecule has 4 N–H and O–H groups in total. The molecule has 0 unspecified atom stereocenters. The number of nitrogen functional groups attached to an aromatic ring is 1. The molecule has 3 aromatic rings. The van der Waals surface area contributed by atoms with Crippen LogP contribution in [0.4, 0.5) is 5.69 Å². The number of hydrogen-bond acceptors (Lipinski definition) is 7. The topological polar surface area (TPSA) is 118 Å². The molecule has 0 atom stereocenters. The summed E-state index contributed by atoms with van der Waals surface area (Å²) in [5.74, 6) is -0.723. The van der Waals surface area contributed by atoms with Gasteiger partial charge in [-0.3, -0.25) is 4.79 Å². The van der Waals surface area contributed by atoms with E-state index in [0.29, 0.717) is 17.7 Å². The average molecular weight is 327 g/mol. The maximum Gasteiger partial charge on any atom is 0.244 e. The molecule has 0 bridgehead atoms. The molecule has 1 aromatic carbocycles. The highest BCUT2D eigenvalue weighted by atomic mass is 32.1. The van der Waals surface area contributed by atoms with Crippen molar-refractivity contribution in [1.29, 1.82) is 0 Å². The number of ketones is 1. The number of rotatable bonds is 5. The summed E-state index contributed by atoms with van der Waals surface area (Å²) >= 11 is 1.45. The first kappa shape index (κ1) is 14.9. The summed E-state index contributed by atoms with van der Waals surface area (Å²) in [5.41, 5.74) is 8.98. The number of aromatic amines is 1. The number of nitrogens with one attached hydrogen (secondary N) is 1. The fourth-order valence-corrected chi connectivity index (χ4v) is 2.92. The summed E-state index contributed by atoms with van der Waals surface area (Å²) in [5, 5.41) is 26.6. The van der Waals surface area contributed by atoms with Crippen LogP contribution >= 0.6 is 11.3 Å². The molecule has 0 amide bonds. The van der Waals surface area contributed by atoms with Crippen molar-refractivity contribution in [1.82, 2.24) is 20.6 Å². The van der Waals surface area contributed by atoms with Crippen LogP contribution in [0.1, 0.15) is 27.3 Å². The lowest BCUT2D eigenvalue weighted by atomic mass is 10.0. The van der Waals surface area contributed by atoms with Gasteiger partial charge in [0.05, 0.1) is 0 Å². The Morgan fingerprint density at radius 1 is 1.30 bits per heavy atom. The molecule has 2 aromatic heterocycles. The normalized spacial score (nSPS) is 11.6. The molecule has 0 spiro atoms. The molecule has 0 fully saturated rings. The third kappa shape index (κ3) is 3.43. The van der Waals surface area contributed by atoms with Crippen molar-refractivity contribution in [2.45, 2.75) is 6.42 Å². The van der Waals surface area contributed by atoms with Gasteiger partial charge in [0.15, 0.2) is 0 Å². The number of nitrogens with zero attached hydrogens (tertiary/aromatic N) is 3. The van der Waals surface area contributed by atoms with Crippen LogP contribution in [-0.2, 0) is 6.42 Å². The highest BCUT2D eigenvalue weighted by Gasteiger charge is 2.13. The molecule has 7 nitrogen and oxygen atoms in total. The summed E-state index contributed by atoms with van der Waals surface area (Å²) in [7, 11) is 0. The lowest BCUT2D eigenvalue weighted by Gasteiger charge is -2.04.